The fourth-order valence-corrected chi connectivity index (χ4v) is 7.60. The standard InChI is InChI=1S/C23H32N4O4S/c1-32(30,31)27-8-6-26(7-9-27)21(28)19-2-4-20(5-3-19)24-22(29)25-23-13-16-10-17(14-23)12-18(11-16)15-23/h2-5,16-18H,6-15H2,1H3,(H2,24,25,29). The zero-order valence-corrected chi connectivity index (χ0v) is 19.4. The van der Waals surface area contributed by atoms with Crippen LogP contribution in [0.15, 0.2) is 24.3 Å². The molecule has 0 atom stereocenters. The Hall–Kier alpha value is -2.13. The van der Waals surface area contributed by atoms with Crippen molar-refractivity contribution in [1.29, 1.82) is 0 Å². The molecule has 0 radical (unpaired) electrons. The van der Waals surface area contributed by atoms with E-state index in [1.54, 1.807) is 29.2 Å². The molecule has 5 aliphatic rings. The molecule has 8 nitrogen and oxygen atoms in total. The van der Waals surface area contributed by atoms with Crippen molar-refractivity contribution in [1.82, 2.24) is 14.5 Å². The molecule has 2 N–H and O–H groups in total. The molecule has 6 rings (SSSR count). The number of carbonyl (C=O) groups is 2. The Morgan fingerprint density at radius 1 is 0.906 bits per heavy atom. The van der Waals surface area contributed by atoms with Gasteiger partial charge in [-0.1, -0.05) is 0 Å². The van der Waals surface area contributed by atoms with Crippen LogP contribution >= 0.6 is 0 Å². The lowest BCUT2D eigenvalue weighted by Gasteiger charge is -2.56. The Bertz CT molecular complexity index is 964. The number of benzene rings is 1. The van der Waals surface area contributed by atoms with Crippen LogP contribution in [0.5, 0.6) is 0 Å². The molecule has 0 aromatic heterocycles. The first-order chi connectivity index (χ1) is 15.2. The molecule has 0 spiro atoms. The Labute approximate surface area is 189 Å². The van der Waals surface area contributed by atoms with Crippen molar-refractivity contribution in [2.24, 2.45) is 17.8 Å². The quantitative estimate of drug-likeness (QED) is 0.721. The van der Waals surface area contributed by atoms with Gasteiger partial charge in [-0.3, -0.25) is 4.79 Å². The summed E-state index contributed by atoms with van der Waals surface area (Å²) in [5.74, 6) is 2.19. The Kier molecular flexibility index (Phi) is 5.44. The van der Waals surface area contributed by atoms with E-state index in [1.165, 1.54) is 29.8 Å². The molecule has 4 bridgehead atoms. The largest absolute Gasteiger partial charge is 0.336 e. The van der Waals surface area contributed by atoms with Gasteiger partial charge in [0.2, 0.25) is 10.0 Å². The summed E-state index contributed by atoms with van der Waals surface area (Å²) in [6.07, 6.45) is 8.50. The average Bonchev–Trinajstić information content (AvgIpc) is 2.72. The maximum atomic E-state index is 12.8. The highest BCUT2D eigenvalue weighted by Gasteiger charge is 2.51. The molecule has 1 aliphatic heterocycles. The van der Waals surface area contributed by atoms with E-state index in [2.05, 4.69) is 10.6 Å². The smallest absolute Gasteiger partial charge is 0.319 e. The molecule has 1 aromatic rings. The summed E-state index contributed by atoms with van der Waals surface area (Å²) >= 11 is 0. The van der Waals surface area contributed by atoms with E-state index in [9.17, 15) is 18.0 Å². The minimum Gasteiger partial charge on any atom is -0.336 e. The monoisotopic (exact) mass is 460 g/mol. The van der Waals surface area contributed by atoms with Gasteiger partial charge in [0.05, 0.1) is 6.26 Å². The van der Waals surface area contributed by atoms with Gasteiger partial charge in [0.15, 0.2) is 0 Å². The third-order valence-corrected chi connectivity index (χ3v) is 9.10. The van der Waals surface area contributed by atoms with Crippen molar-refractivity contribution < 1.29 is 18.0 Å². The lowest BCUT2D eigenvalue weighted by atomic mass is 9.53. The van der Waals surface area contributed by atoms with E-state index in [4.69, 9.17) is 0 Å². The summed E-state index contributed by atoms with van der Waals surface area (Å²) in [7, 11) is -3.23. The van der Waals surface area contributed by atoms with Crippen molar-refractivity contribution in [3.8, 4) is 0 Å². The number of urea groups is 1. The van der Waals surface area contributed by atoms with Crippen LogP contribution in [-0.4, -0.2) is 67.5 Å². The highest BCUT2D eigenvalue weighted by Crippen LogP contribution is 2.55. The number of nitrogens with one attached hydrogen (secondary N) is 2. The molecule has 3 amide bonds. The fourth-order valence-electron chi connectivity index (χ4n) is 6.77. The Balaban J connectivity index is 1.16. The van der Waals surface area contributed by atoms with Gasteiger partial charge in [-0.2, -0.15) is 4.31 Å². The number of rotatable bonds is 4. The van der Waals surface area contributed by atoms with Crippen molar-refractivity contribution in [3.05, 3.63) is 29.8 Å². The van der Waals surface area contributed by atoms with E-state index < -0.39 is 10.0 Å². The second-order valence-corrected chi connectivity index (χ2v) is 12.3. The molecule has 1 heterocycles. The first kappa shape index (κ1) is 21.7. The molecular formula is C23H32N4O4S. The summed E-state index contributed by atoms with van der Waals surface area (Å²) in [6.45, 7) is 1.38. The van der Waals surface area contributed by atoms with Gasteiger partial charge < -0.3 is 15.5 Å². The first-order valence-electron chi connectivity index (χ1n) is 11.6. The van der Waals surface area contributed by atoms with E-state index >= 15 is 0 Å². The van der Waals surface area contributed by atoms with Crippen molar-refractivity contribution in [2.75, 3.05) is 37.8 Å². The van der Waals surface area contributed by atoms with Gasteiger partial charge in [0, 0.05) is 43.0 Å². The SMILES string of the molecule is CS(=O)(=O)N1CCN(C(=O)c2ccc(NC(=O)NC34CC5CC(CC(C5)C3)C4)cc2)CC1. The second-order valence-electron chi connectivity index (χ2n) is 10.3. The van der Waals surface area contributed by atoms with Gasteiger partial charge in [0.25, 0.3) is 5.91 Å². The summed E-state index contributed by atoms with van der Waals surface area (Å²) in [4.78, 5) is 27.2. The minimum atomic E-state index is -3.23. The summed E-state index contributed by atoms with van der Waals surface area (Å²) in [6, 6.07) is 6.76. The minimum absolute atomic E-state index is 0.0388. The zero-order valence-electron chi connectivity index (χ0n) is 18.5. The molecule has 1 aromatic carbocycles. The number of amides is 3. The van der Waals surface area contributed by atoms with Crippen LogP contribution in [0, 0.1) is 17.8 Å². The number of piperazine rings is 1. The van der Waals surface area contributed by atoms with E-state index in [0.717, 1.165) is 37.0 Å². The van der Waals surface area contributed by atoms with E-state index in [0.29, 0.717) is 37.4 Å². The fraction of sp³-hybridized carbons (Fsp3) is 0.652. The first-order valence-corrected chi connectivity index (χ1v) is 13.5. The third kappa shape index (κ3) is 4.37. The number of sulfonamides is 1. The number of hydrogen-bond acceptors (Lipinski definition) is 4. The predicted molar refractivity (Wildman–Crippen MR) is 122 cm³/mol. The molecule has 32 heavy (non-hydrogen) atoms. The van der Waals surface area contributed by atoms with Crippen molar-refractivity contribution in [3.63, 3.8) is 0 Å². The summed E-state index contributed by atoms with van der Waals surface area (Å²) < 4.78 is 24.7. The number of hydrogen-bond donors (Lipinski definition) is 2. The van der Waals surface area contributed by atoms with Gasteiger partial charge >= 0.3 is 6.03 Å². The molecule has 1 saturated heterocycles. The van der Waals surface area contributed by atoms with Gasteiger partial charge in [-0.05, 0) is 80.5 Å². The lowest BCUT2D eigenvalue weighted by molar-refractivity contribution is -0.0127. The molecule has 5 fully saturated rings. The van der Waals surface area contributed by atoms with Crippen molar-refractivity contribution in [2.45, 2.75) is 44.1 Å². The molecule has 9 heteroatoms. The molecule has 174 valence electrons. The van der Waals surface area contributed by atoms with Crippen LogP contribution in [0.2, 0.25) is 0 Å². The number of nitrogens with zero attached hydrogens (tertiary/aromatic N) is 2. The van der Waals surface area contributed by atoms with Crippen LogP contribution in [-0.2, 0) is 10.0 Å². The van der Waals surface area contributed by atoms with Crippen molar-refractivity contribution >= 4 is 27.6 Å². The highest BCUT2D eigenvalue weighted by molar-refractivity contribution is 7.88. The van der Waals surface area contributed by atoms with Crippen LogP contribution in [0.25, 0.3) is 0 Å². The number of carbonyl (C=O) groups excluding carboxylic acids is 2. The van der Waals surface area contributed by atoms with Crippen LogP contribution in [0.3, 0.4) is 0 Å². The van der Waals surface area contributed by atoms with Crippen LogP contribution < -0.4 is 10.6 Å². The van der Waals surface area contributed by atoms with Gasteiger partial charge in [0.1, 0.15) is 0 Å². The predicted octanol–water partition coefficient (Wildman–Crippen LogP) is 2.49. The zero-order chi connectivity index (χ0) is 22.5. The molecule has 4 aliphatic carbocycles. The maximum Gasteiger partial charge on any atom is 0.319 e. The van der Waals surface area contributed by atoms with Gasteiger partial charge in [-0.25, -0.2) is 13.2 Å². The molecular weight excluding hydrogens is 428 g/mol. The summed E-state index contributed by atoms with van der Waals surface area (Å²) in [5, 5.41) is 6.24. The summed E-state index contributed by atoms with van der Waals surface area (Å²) in [5.41, 5.74) is 1.15. The van der Waals surface area contributed by atoms with E-state index in [-0.39, 0.29) is 17.5 Å². The van der Waals surface area contributed by atoms with E-state index in [1.807, 2.05) is 0 Å². The van der Waals surface area contributed by atoms with Crippen LogP contribution in [0.4, 0.5) is 10.5 Å². The third-order valence-electron chi connectivity index (χ3n) is 7.80. The second kappa shape index (κ2) is 8.02. The molecule has 0 unspecified atom stereocenters. The Morgan fingerprint density at radius 2 is 1.44 bits per heavy atom. The van der Waals surface area contributed by atoms with Gasteiger partial charge in [-0.15, -0.1) is 0 Å². The number of anilines is 1. The highest BCUT2D eigenvalue weighted by atomic mass is 32.2. The average molecular weight is 461 g/mol. The normalized spacial score (nSPS) is 32.0. The van der Waals surface area contributed by atoms with Crippen LogP contribution in [0.1, 0.15) is 48.9 Å². The molecule has 4 saturated carbocycles. The lowest BCUT2D eigenvalue weighted by Crippen LogP contribution is -2.60. The Morgan fingerprint density at radius 3 is 1.94 bits per heavy atom. The maximum absolute atomic E-state index is 12.8. The topological polar surface area (TPSA) is 98.8 Å².